The van der Waals surface area contributed by atoms with Gasteiger partial charge in [0.15, 0.2) is 11.5 Å². The molecule has 0 fully saturated rings. The van der Waals surface area contributed by atoms with Crippen LogP contribution in [0.2, 0.25) is 5.02 Å². The lowest BCUT2D eigenvalue weighted by Gasteiger charge is -2.10. The third-order valence-electron chi connectivity index (χ3n) is 4.31. The van der Waals surface area contributed by atoms with Crippen LogP contribution < -0.4 is 20.1 Å². The predicted molar refractivity (Wildman–Crippen MR) is 106 cm³/mol. The SMILES string of the molecule is Cc1c(Cl)cccc1NC(=O)c1cnc(NCc2ccc3c(c2)OCO3)cn1. The van der Waals surface area contributed by atoms with Gasteiger partial charge in [0.1, 0.15) is 11.5 Å². The number of carbonyl (C=O) groups is 1. The molecule has 0 aliphatic carbocycles. The Balaban J connectivity index is 1.38. The van der Waals surface area contributed by atoms with E-state index in [1.807, 2.05) is 25.1 Å². The number of nitrogens with one attached hydrogen (secondary N) is 2. The molecule has 0 radical (unpaired) electrons. The minimum Gasteiger partial charge on any atom is -0.454 e. The number of rotatable bonds is 5. The van der Waals surface area contributed by atoms with Crippen LogP contribution in [0.5, 0.6) is 11.5 Å². The molecule has 0 bridgehead atoms. The first-order valence-corrected chi connectivity index (χ1v) is 8.99. The van der Waals surface area contributed by atoms with E-state index in [1.54, 1.807) is 18.2 Å². The number of carbonyl (C=O) groups excluding carboxylic acids is 1. The third-order valence-corrected chi connectivity index (χ3v) is 4.72. The summed E-state index contributed by atoms with van der Waals surface area (Å²) >= 11 is 6.08. The van der Waals surface area contributed by atoms with Crippen molar-refractivity contribution in [1.29, 1.82) is 0 Å². The van der Waals surface area contributed by atoms with Gasteiger partial charge in [-0.2, -0.15) is 0 Å². The van der Waals surface area contributed by atoms with Crippen LogP contribution in [-0.4, -0.2) is 22.7 Å². The second-order valence-electron chi connectivity index (χ2n) is 6.19. The summed E-state index contributed by atoms with van der Waals surface area (Å²) in [5.74, 6) is 1.69. The Labute approximate surface area is 166 Å². The number of fused-ring (bicyclic) bond motifs is 1. The van der Waals surface area contributed by atoms with Crippen LogP contribution in [0, 0.1) is 6.92 Å². The van der Waals surface area contributed by atoms with Gasteiger partial charge in [-0.05, 0) is 42.3 Å². The van der Waals surface area contributed by atoms with Crippen molar-refractivity contribution in [2.45, 2.75) is 13.5 Å². The van der Waals surface area contributed by atoms with Crippen molar-refractivity contribution >= 4 is 29.0 Å². The van der Waals surface area contributed by atoms with E-state index in [1.165, 1.54) is 12.4 Å². The van der Waals surface area contributed by atoms with E-state index in [-0.39, 0.29) is 18.4 Å². The molecular formula is C20H17ClN4O3. The Morgan fingerprint density at radius 1 is 1.14 bits per heavy atom. The molecule has 1 amide bonds. The highest BCUT2D eigenvalue weighted by Crippen LogP contribution is 2.32. The summed E-state index contributed by atoms with van der Waals surface area (Å²) in [4.78, 5) is 20.8. The van der Waals surface area contributed by atoms with Crippen molar-refractivity contribution in [2.75, 3.05) is 17.4 Å². The van der Waals surface area contributed by atoms with Crippen LogP contribution in [0.15, 0.2) is 48.8 Å². The molecule has 0 spiro atoms. The summed E-state index contributed by atoms with van der Waals surface area (Å²) < 4.78 is 10.7. The Morgan fingerprint density at radius 3 is 2.82 bits per heavy atom. The van der Waals surface area contributed by atoms with Gasteiger partial charge in [-0.15, -0.1) is 0 Å². The molecule has 1 aliphatic rings. The number of hydrogen-bond donors (Lipinski definition) is 2. The number of amides is 1. The number of aromatic nitrogens is 2. The largest absolute Gasteiger partial charge is 0.454 e. The average Bonchev–Trinajstić information content (AvgIpc) is 3.18. The van der Waals surface area contributed by atoms with Crippen LogP contribution in [-0.2, 0) is 6.54 Å². The van der Waals surface area contributed by atoms with Gasteiger partial charge in [-0.3, -0.25) is 4.79 Å². The zero-order valence-corrected chi connectivity index (χ0v) is 15.8. The third kappa shape index (κ3) is 3.84. The van der Waals surface area contributed by atoms with Gasteiger partial charge in [0.25, 0.3) is 5.91 Å². The van der Waals surface area contributed by atoms with E-state index in [9.17, 15) is 4.79 Å². The van der Waals surface area contributed by atoms with E-state index < -0.39 is 0 Å². The second-order valence-corrected chi connectivity index (χ2v) is 6.60. The molecule has 0 atom stereocenters. The fourth-order valence-electron chi connectivity index (χ4n) is 2.71. The highest BCUT2D eigenvalue weighted by molar-refractivity contribution is 6.31. The number of hydrogen-bond acceptors (Lipinski definition) is 6. The zero-order chi connectivity index (χ0) is 19.5. The minimum atomic E-state index is -0.347. The molecule has 7 nitrogen and oxygen atoms in total. The summed E-state index contributed by atoms with van der Waals surface area (Å²) in [5, 5.41) is 6.55. The van der Waals surface area contributed by atoms with Crippen molar-refractivity contribution < 1.29 is 14.3 Å². The minimum absolute atomic E-state index is 0.216. The first-order valence-electron chi connectivity index (χ1n) is 8.61. The maximum atomic E-state index is 12.4. The van der Waals surface area contributed by atoms with Crippen LogP contribution in [0.1, 0.15) is 21.6 Å². The van der Waals surface area contributed by atoms with Crippen molar-refractivity contribution in [3.8, 4) is 11.5 Å². The topological polar surface area (TPSA) is 85.4 Å². The molecule has 2 heterocycles. The fraction of sp³-hybridized carbons (Fsp3) is 0.150. The van der Waals surface area contributed by atoms with Gasteiger partial charge >= 0.3 is 0 Å². The normalized spacial score (nSPS) is 11.9. The highest BCUT2D eigenvalue weighted by atomic mass is 35.5. The average molecular weight is 397 g/mol. The molecule has 3 aromatic rings. The highest BCUT2D eigenvalue weighted by Gasteiger charge is 2.14. The van der Waals surface area contributed by atoms with E-state index in [0.29, 0.717) is 23.1 Å². The Kier molecular flexibility index (Phi) is 4.99. The maximum absolute atomic E-state index is 12.4. The van der Waals surface area contributed by atoms with Crippen LogP contribution in [0.4, 0.5) is 11.5 Å². The summed E-state index contributed by atoms with van der Waals surface area (Å²) in [6.07, 6.45) is 2.95. The van der Waals surface area contributed by atoms with Gasteiger partial charge in [0.05, 0.1) is 12.4 Å². The molecule has 142 valence electrons. The quantitative estimate of drug-likeness (QED) is 0.677. The Morgan fingerprint density at radius 2 is 2.00 bits per heavy atom. The first kappa shape index (κ1) is 18.1. The van der Waals surface area contributed by atoms with Crippen LogP contribution in [0.3, 0.4) is 0 Å². The molecule has 1 aliphatic heterocycles. The van der Waals surface area contributed by atoms with Crippen molar-refractivity contribution in [2.24, 2.45) is 0 Å². The van der Waals surface area contributed by atoms with E-state index in [0.717, 1.165) is 22.6 Å². The monoisotopic (exact) mass is 396 g/mol. The van der Waals surface area contributed by atoms with Crippen molar-refractivity contribution in [3.63, 3.8) is 0 Å². The Bertz CT molecular complexity index is 1020. The summed E-state index contributed by atoms with van der Waals surface area (Å²) in [6, 6.07) is 11.1. The van der Waals surface area contributed by atoms with Gasteiger partial charge in [-0.1, -0.05) is 23.7 Å². The first-order chi connectivity index (χ1) is 13.6. The lowest BCUT2D eigenvalue weighted by molar-refractivity contribution is 0.102. The summed E-state index contributed by atoms with van der Waals surface area (Å²) in [7, 11) is 0. The van der Waals surface area contributed by atoms with E-state index >= 15 is 0 Å². The molecule has 28 heavy (non-hydrogen) atoms. The van der Waals surface area contributed by atoms with Gasteiger partial charge < -0.3 is 20.1 Å². The standard InChI is InChI=1S/C20H17ClN4O3/c1-12-14(21)3-2-4-15(12)25-20(26)16-9-24-19(10-22-16)23-8-13-5-6-17-18(7-13)28-11-27-17/h2-7,9-10H,8,11H2,1H3,(H,23,24)(H,25,26). The van der Waals surface area contributed by atoms with E-state index in [2.05, 4.69) is 20.6 Å². The van der Waals surface area contributed by atoms with E-state index in [4.69, 9.17) is 21.1 Å². The summed E-state index contributed by atoms with van der Waals surface area (Å²) in [6.45, 7) is 2.63. The molecule has 0 saturated carbocycles. The van der Waals surface area contributed by atoms with Crippen molar-refractivity contribution in [3.05, 3.63) is 70.6 Å². The molecule has 0 unspecified atom stereocenters. The molecule has 2 N–H and O–H groups in total. The fourth-order valence-corrected chi connectivity index (χ4v) is 2.88. The Hall–Kier alpha value is -3.32. The summed E-state index contributed by atoms with van der Waals surface area (Å²) in [5.41, 5.74) is 2.68. The van der Waals surface area contributed by atoms with Gasteiger partial charge in [0.2, 0.25) is 6.79 Å². The molecule has 8 heteroatoms. The number of nitrogens with zero attached hydrogens (tertiary/aromatic N) is 2. The van der Waals surface area contributed by atoms with Crippen LogP contribution in [0.25, 0.3) is 0 Å². The molecule has 0 saturated heterocycles. The predicted octanol–water partition coefficient (Wildman–Crippen LogP) is 4.03. The maximum Gasteiger partial charge on any atom is 0.275 e. The smallest absolute Gasteiger partial charge is 0.275 e. The lowest BCUT2D eigenvalue weighted by atomic mass is 10.2. The number of ether oxygens (including phenoxy) is 2. The lowest BCUT2D eigenvalue weighted by Crippen LogP contribution is -2.15. The molecule has 1 aromatic heterocycles. The van der Waals surface area contributed by atoms with Gasteiger partial charge in [0, 0.05) is 17.3 Å². The molecule has 4 rings (SSSR count). The number of benzene rings is 2. The zero-order valence-electron chi connectivity index (χ0n) is 15.0. The molecular weight excluding hydrogens is 380 g/mol. The van der Waals surface area contributed by atoms with Crippen molar-refractivity contribution in [1.82, 2.24) is 9.97 Å². The molecule has 2 aromatic carbocycles. The van der Waals surface area contributed by atoms with Crippen LogP contribution >= 0.6 is 11.6 Å². The number of anilines is 2. The second kappa shape index (κ2) is 7.74. The van der Waals surface area contributed by atoms with Gasteiger partial charge in [-0.25, -0.2) is 9.97 Å². The number of halogens is 1.